The first-order valence-corrected chi connectivity index (χ1v) is 6.16. The number of terminal acetylenes is 1. The molecule has 0 aromatic rings. The molecule has 1 heterocycles. The third-order valence-corrected chi connectivity index (χ3v) is 4.13. The monoisotopic (exact) mass is 202 g/mol. The van der Waals surface area contributed by atoms with Crippen molar-refractivity contribution in [3.05, 3.63) is 0 Å². The molecule has 1 unspecified atom stereocenters. The van der Waals surface area contributed by atoms with Gasteiger partial charge in [-0.2, -0.15) is 0 Å². The van der Waals surface area contributed by atoms with Crippen molar-refractivity contribution in [1.29, 1.82) is 0 Å². The number of aliphatic hydroxyl groups is 1. The molecular formula is C9H14O3S. The molecule has 1 rings (SSSR count). The summed E-state index contributed by atoms with van der Waals surface area (Å²) < 4.78 is 22.2. The highest BCUT2D eigenvalue weighted by Gasteiger charge is 2.39. The van der Waals surface area contributed by atoms with E-state index in [-0.39, 0.29) is 11.5 Å². The Kier molecular flexibility index (Phi) is 2.99. The first-order valence-electron chi connectivity index (χ1n) is 4.34. The van der Waals surface area contributed by atoms with E-state index in [1.165, 1.54) is 0 Å². The van der Waals surface area contributed by atoms with Crippen LogP contribution in [0.1, 0.15) is 25.7 Å². The van der Waals surface area contributed by atoms with Crippen molar-refractivity contribution in [1.82, 2.24) is 0 Å². The van der Waals surface area contributed by atoms with Crippen molar-refractivity contribution in [3.8, 4) is 12.3 Å². The number of hydrogen-bond acceptors (Lipinski definition) is 3. The second-order valence-electron chi connectivity index (χ2n) is 3.62. The molecular weight excluding hydrogens is 188 g/mol. The quantitative estimate of drug-likeness (QED) is 0.530. The Morgan fingerprint density at radius 3 is 2.69 bits per heavy atom. The van der Waals surface area contributed by atoms with Crippen molar-refractivity contribution in [2.45, 2.75) is 31.3 Å². The van der Waals surface area contributed by atoms with Crippen molar-refractivity contribution < 1.29 is 13.5 Å². The third-order valence-electron chi connectivity index (χ3n) is 2.33. The van der Waals surface area contributed by atoms with E-state index in [9.17, 15) is 13.5 Å². The molecule has 0 aromatic heterocycles. The summed E-state index contributed by atoms with van der Waals surface area (Å²) >= 11 is 0. The smallest absolute Gasteiger partial charge is 0.153 e. The average molecular weight is 202 g/mol. The van der Waals surface area contributed by atoms with Crippen LogP contribution in [-0.2, 0) is 9.84 Å². The fourth-order valence-electron chi connectivity index (χ4n) is 1.62. The van der Waals surface area contributed by atoms with Crippen molar-refractivity contribution >= 4 is 9.84 Å². The zero-order valence-corrected chi connectivity index (χ0v) is 8.31. The van der Waals surface area contributed by atoms with Crippen LogP contribution in [0.2, 0.25) is 0 Å². The summed E-state index contributed by atoms with van der Waals surface area (Å²) in [7, 11) is -2.99. The summed E-state index contributed by atoms with van der Waals surface area (Å²) in [5, 5.41) is 9.81. The molecule has 1 aliphatic heterocycles. The van der Waals surface area contributed by atoms with E-state index in [4.69, 9.17) is 6.42 Å². The highest BCUT2D eigenvalue weighted by Crippen LogP contribution is 2.28. The number of sulfone groups is 1. The fraction of sp³-hybridized carbons (Fsp3) is 0.778. The highest BCUT2D eigenvalue weighted by molar-refractivity contribution is 7.91. The van der Waals surface area contributed by atoms with E-state index in [1.54, 1.807) is 0 Å². The van der Waals surface area contributed by atoms with Crippen LogP contribution >= 0.6 is 0 Å². The van der Waals surface area contributed by atoms with Crippen LogP contribution in [-0.4, -0.2) is 30.6 Å². The molecule has 3 nitrogen and oxygen atoms in total. The minimum Gasteiger partial charge on any atom is -0.389 e. The van der Waals surface area contributed by atoms with Gasteiger partial charge < -0.3 is 5.11 Å². The number of hydrogen-bond donors (Lipinski definition) is 1. The molecule has 0 bridgehead atoms. The van der Waals surface area contributed by atoms with Crippen LogP contribution in [0, 0.1) is 12.3 Å². The second kappa shape index (κ2) is 3.69. The predicted octanol–water partition coefficient (Wildman–Crippen LogP) is 0.339. The van der Waals surface area contributed by atoms with Gasteiger partial charge in [0.1, 0.15) is 0 Å². The van der Waals surface area contributed by atoms with Crippen molar-refractivity contribution in [3.63, 3.8) is 0 Å². The highest BCUT2D eigenvalue weighted by atomic mass is 32.2. The van der Waals surface area contributed by atoms with Crippen LogP contribution in [0.15, 0.2) is 0 Å². The van der Waals surface area contributed by atoms with Gasteiger partial charge in [0, 0.05) is 6.42 Å². The van der Waals surface area contributed by atoms with Crippen LogP contribution in [0.3, 0.4) is 0 Å². The van der Waals surface area contributed by atoms with Gasteiger partial charge in [-0.15, -0.1) is 12.3 Å². The molecule has 1 atom stereocenters. The summed E-state index contributed by atoms with van der Waals surface area (Å²) in [5.74, 6) is 2.49. The Hall–Kier alpha value is -0.530. The number of unbranched alkanes of at least 4 members (excludes halogenated alkanes) is 1. The Labute approximate surface area is 79.1 Å². The third kappa shape index (κ3) is 3.02. The maximum atomic E-state index is 11.1. The van der Waals surface area contributed by atoms with Gasteiger partial charge in [0.05, 0.1) is 17.1 Å². The maximum Gasteiger partial charge on any atom is 0.153 e. The van der Waals surface area contributed by atoms with Gasteiger partial charge in [-0.25, -0.2) is 8.42 Å². The Morgan fingerprint density at radius 1 is 1.54 bits per heavy atom. The molecule has 0 radical (unpaired) electrons. The molecule has 0 aliphatic carbocycles. The molecule has 0 saturated carbocycles. The summed E-state index contributed by atoms with van der Waals surface area (Å²) in [6.07, 6.45) is 7.21. The molecule has 74 valence electrons. The van der Waals surface area contributed by atoms with Crippen LogP contribution in [0.5, 0.6) is 0 Å². The van der Waals surface area contributed by atoms with Gasteiger partial charge in [-0.05, 0) is 19.3 Å². The topological polar surface area (TPSA) is 54.4 Å². The van der Waals surface area contributed by atoms with E-state index in [0.29, 0.717) is 25.7 Å². The Morgan fingerprint density at radius 2 is 2.23 bits per heavy atom. The molecule has 0 spiro atoms. The first-order chi connectivity index (χ1) is 5.97. The minimum atomic E-state index is -2.99. The molecule has 4 heteroatoms. The van der Waals surface area contributed by atoms with E-state index in [1.807, 2.05) is 0 Å². The Bertz CT molecular complexity index is 312. The lowest BCUT2D eigenvalue weighted by Crippen LogP contribution is -2.29. The lowest BCUT2D eigenvalue weighted by atomic mass is 9.96. The van der Waals surface area contributed by atoms with E-state index in [2.05, 4.69) is 5.92 Å². The second-order valence-corrected chi connectivity index (χ2v) is 5.81. The van der Waals surface area contributed by atoms with E-state index >= 15 is 0 Å². The first kappa shape index (κ1) is 10.6. The summed E-state index contributed by atoms with van der Waals surface area (Å²) in [6, 6.07) is 0. The predicted molar refractivity (Wildman–Crippen MR) is 50.9 cm³/mol. The zero-order valence-electron chi connectivity index (χ0n) is 7.49. The van der Waals surface area contributed by atoms with Crippen molar-refractivity contribution in [2.75, 3.05) is 11.5 Å². The molecule has 1 aliphatic rings. The van der Waals surface area contributed by atoms with Gasteiger partial charge in [0.2, 0.25) is 0 Å². The lowest BCUT2D eigenvalue weighted by molar-refractivity contribution is 0.0568. The van der Waals surface area contributed by atoms with Crippen molar-refractivity contribution in [2.24, 2.45) is 0 Å². The molecule has 1 saturated heterocycles. The Balaban J connectivity index is 2.47. The summed E-state index contributed by atoms with van der Waals surface area (Å²) in [5.41, 5.74) is -1.00. The van der Waals surface area contributed by atoms with E-state index in [0.717, 1.165) is 0 Å². The fourth-order valence-corrected chi connectivity index (χ4v) is 3.56. The van der Waals surface area contributed by atoms with Gasteiger partial charge >= 0.3 is 0 Å². The normalized spacial score (nSPS) is 31.4. The van der Waals surface area contributed by atoms with Gasteiger partial charge in [-0.3, -0.25) is 0 Å². The standard InChI is InChI=1S/C9H14O3S/c1-2-3-4-5-9(10)6-7-13(11,12)8-9/h1,10H,3-8H2. The van der Waals surface area contributed by atoms with Gasteiger partial charge in [0.25, 0.3) is 0 Å². The van der Waals surface area contributed by atoms with Crippen LogP contribution < -0.4 is 0 Å². The SMILES string of the molecule is C#CCCCC1(O)CCS(=O)(=O)C1. The molecule has 1 fully saturated rings. The average Bonchev–Trinajstić information content (AvgIpc) is 2.27. The summed E-state index contributed by atoms with van der Waals surface area (Å²) in [4.78, 5) is 0. The molecule has 0 amide bonds. The molecule has 0 aromatic carbocycles. The van der Waals surface area contributed by atoms with Crippen LogP contribution in [0.4, 0.5) is 0 Å². The molecule has 1 N–H and O–H groups in total. The largest absolute Gasteiger partial charge is 0.389 e. The van der Waals surface area contributed by atoms with E-state index < -0.39 is 15.4 Å². The lowest BCUT2D eigenvalue weighted by Gasteiger charge is -2.19. The molecule has 13 heavy (non-hydrogen) atoms. The maximum absolute atomic E-state index is 11.1. The minimum absolute atomic E-state index is 0.0927. The van der Waals surface area contributed by atoms with Gasteiger partial charge in [-0.1, -0.05) is 0 Å². The zero-order chi connectivity index (χ0) is 9.95. The van der Waals surface area contributed by atoms with Gasteiger partial charge in [0.15, 0.2) is 9.84 Å². The van der Waals surface area contributed by atoms with Crippen LogP contribution in [0.25, 0.3) is 0 Å². The number of rotatable bonds is 3. The summed E-state index contributed by atoms with van der Waals surface area (Å²) in [6.45, 7) is 0.